The van der Waals surface area contributed by atoms with Gasteiger partial charge in [-0.15, -0.1) is 0 Å². The van der Waals surface area contributed by atoms with Gasteiger partial charge in [0, 0.05) is 24.8 Å². The first-order chi connectivity index (χ1) is 10.3. The fourth-order valence-electron chi connectivity index (χ4n) is 5.18. The molecular formula is C19H28N2. The molecule has 0 radical (unpaired) electrons. The summed E-state index contributed by atoms with van der Waals surface area (Å²) in [5, 5.41) is 0. The molecule has 0 amide bonds. The maximum atomic E-state index is 6.13. The van der Waals surface area contributed by atoms with Gasteiger partial charge in [0.25, 0.3) is 0 Å². The number of nitrogen functional groups attached to an aromatic ring is 1. The molecule has 2 aliphatic carbocycles. The lowest BCUT2D eigenvalue weighted by Crippen LogP contribution is -2.43. The van der Waals surface area contributed by atoms with Crippen molar-refractivity contribution in [2.75, 3.05) is 12.3 Å². The molecule has 0 atom stereocenters. The molecule has 0 aromatic heterocycles. The zero-order valence-corrected chi connectivity index (χ0v) is 13.1. The third-order valence-corrected chi connectivity index (χ3v) is 6.53. The molecule has 1 spiro atoms. The van der Waals surface area contributed by atoms with Crippen LogP contribution in [-0.2, 0) is 13.0 Å². The van der Waals surface area contributed by atoms with Crippen molar-refractivity contribution in [2.24, 2.45) is 5.41 Å². The van der Waals surface area contributed by atoms with Crippen LogP contribution in [0.3, 0.4) is 0 Å². The van der Waals surface area contributed by atoms with Gasteiger partial charge >= 0.3 is 0 Å². The summed E-state index contributed by atoms with van der Waals surface area (Å²) in [6, 6.07) is 7.27. The van der Waals surface area contributed by atoms with Crippen molar-refractivity contribution in [3.05, 3.63) is 29.3 Å². The Balaban J connectivity index is 1.42. The molecular weight excluding hydrogens is 256 g/mol. The first-order valence-corrected chi connectivity index (χ1v) is 8.86. The smallest absolute Gasteiger partial charge is 0.0350 e. The molecule has 3 aliphatic rings. The minimum atomic E-state index is 0.759. The first-order valence-electron chi connectivity index (χ1n) is 8.86. The molecule has 0 bridgehead atoms. The SMILES string of the molecule is Nc1cccc2c1CCN(C1CCC3(CCCC3)CC1)C2. The Labute approximate surface area is 128 Å². The molecule has 1 aliphatic heterocycles. The van der Waals surface area contributed by atoms with Crippen molar-refractivity contribution in [2.45, 2.75) is 70.4 Å². The van der Waals surface area contributed by atoms with Crippen molar-refractivity contribution in [3.8, 4) is 0 Å². The minimum Gasteiger partial charge on any atom is -0.398 e. The van der Waals surface area contributed by atoms with Crippen molar-refractivity contribution in [1.29, 1.82) is 0 Å². The summed E-state index contributed by atoms with van der Waals surface area (Å²) in [4.78, 5) is 2.74. The van der Waals surface area contributed by atoms with Gasteiger partial charge in [-0.3, -0.25) is 4.90 Å². The van der Waals surface area contributed by atoms with Crippen LogP contribution in [0, 0.1) is 5.41 Å². The van der Waals surface area contributed by atoms with Crippen LogP contribution in [0.1, 0.15) is 62.5 Å². The Morgan fingerprint density at radius 3 is 2.57 bits per heavy atom. The number of anilines is 1. The Kier molecular flexibility index (Phi) is 3.45. The van der Waals surface area contributed by atoms with Gasteiger partial charge in [-0.25, -0.2) is 0 Å². The van der Waals surface area contributed by atoms with Crippen molar-refractivity contribution in [3.63, 3.8) is 0 Å². The predicted molar refractivity (Wildman–Crippen MR) is 88.1 cm³/mol. The topological polar surface area (TPSA) is 29.3 Å². The normalized spacial score (nSPS) is 26.1. The van der Waals surface area contributed by atoms with E-state index < -0.39 is 0 Å². The van der Waals surface area contributed by atoms with Crippen molar-refractivity contribution < 1.29 is 0 Å². The van der Waals surface area contributed by atoms with E-state index in [1.54, 1.807) is 0 Å². The summed E-state index contributed by atoms with van der Waals surface area (Å²) in [6.45, 7) is 2.33. The second-order valence-corrected chi connectivity index (χ2v) is 7.64. The van der Waals surface area contributed by atoms with Crippen LogP contribution in [0.25, 0.3) is 0 Å². The van der Waals surface area contributed by atoms with Crippen LogP contribution in [0.2, 0.25) is 0 Å². The number of rotatable bonds is 1. The molecule has 1 heterocycles. The molecule has 1 aromatic rings. The largest absolute Gasteiger partial charge is 0.398 e. The average molecular weight is 284 g/mol. The van der Waals surface area contributed by atoms with E-state index in [2.05, 4.69) is 23.1 Å². The van der Waals surface area contributed by atoms with E-state index in [0.717, 1.165) is 30.1 Å². The average Bonchev–Trinajstić information content (AvgIpc) is 2.96. The molecule has 1 aromatic carbocycles. The number of hydrogen-bond donors (Lipinski definition) is 1. The van der Waals surface area contributed by atoms with Crippen LogP contribution in [0.4, 0.5) is 5.69 Å². The number of hydrogen-bond acceptors (Lipinski definition) is 2. The maximum Gasteiger partial charge on any atom is 0.0350 e. The van der Waals surface area contributed by atoms with Gasteiger partial charge in [0.2, 0.25) is 0 Å². The summed E-state index contributed by atoms with van der Waals surface area (Å²) in [5.74, 6) is 0. The zero-order valence-electron chi connectivity index (χ0n) is 13.1. The molecule has 2 heteroatoms. The highest BCUT2D eigenvalue weighted by Crippen LogP contribution is 2.49. The Hall–Kier alpha value is -1.02. The third kappa shape index (κ3) is 2.48. The standard InChI is InChI=1S/C19H28N2/c20-18-5-3-4-15-14-21(13-8-17(15)18)16-6-11-19(12-7-16)9-1-2-10-19/h3-5,16H,1-2,6-14,20H2. The number of fused-ring (bicyclic) bond motifs is 1. The minimum absolute atomic E-state index is 0.759. The van der Waals surface area contributed by atoms with E-state index in [4.69, 9.17) is 5.73 Å². The van der Waals surface area contributed by atoms with Gasteiger partial charge in [-0.1, -0.05) is 25.0 Å². The highest BCUT2D eigenvalue weighted by atomic mass is 15.2. The fraction of sp³-hybridized carbons (Fsp3) is 0.684. The van der Waals surface area contributed by atoms with Gasteiger partial charge < -0.3 is 5.73 Å². The van der Waals surface area contributed by atoms with E-state index in [1.807, 2.05) is 0 Å². The Bertz CT molecular complexity index is 506. The van der Waals surface area contributed by atoms with Crippen LogP contribution < -0.4 is 5.73 Å². The van der Waals surface area contributed by atoms with Gasteiger partial charge in [-0.2, -0.15) is 0 Å². The summed E-state index contributed by atoms with van der Waals surface area (Å²) < 4.78 is 0. The lowest BCUT2D eigenvalue weighted by Gasteiger charge is -2.43. The lowest BCUT2D eigenvalue weighted by molar-refractivity contribution is 0.0823. The van der Waals surface area contributed by atoms with Crippen molar-refractivity contribution >= 4 is 5.69 Å². The first kappa shape index (κ1) is 13.6. The van der Waals surface area contributed by atoms with Crippen LogP contribution in [-0.4, -0.2) is 17.5 Å². The molecule has 0 unspecified atom stereocenters. The number of nitrogens with two attached hydrogens (primary N) is 1. The van der Waals surface area contributed by atoms with Crippen LogP contribution >= 0.6 is 0 Å². The van der Waals surface area contributed by atoms with E-state index in [9.17, 15) is 0 Å². The molecule has 2 fully saturated rings. The molecule has 2 nitrogen and oxygen atoms in total. The zero-order chi connectivity index (χ0) is 14.3. The van der Waals surface area contributed by atoms with E-state index in [0.29, 0.717) is 0 Å². The fourth-order valence-corrected chi connectivity index (χ4v) is 5.18. The van der Waals surface area contributed by atoms with E-state index >= 15 is 0 Å². The maximum absolute atomic E-state index is 6.13. The summed E-state index contributed by atoms with van der Waals surface area (Å²) in [5.41, 5.74) is 10.8. The van der Waals surface area contributed by atoms with Gasteiger partial charge in [0.15, 0.2) is 0 Å². The molecule has 0 saturated heterocycles. The van der Waals surface area contributed by atoms with E-state index in [1.165, 1.54) is 69.0 Å². The van der Waals surface area contributed by atoms with Gasteiger partial charge in [0.1, 0.15) is 0 Å². The molecule has 114 valence electrons. The van der Waals surface area contributed by atoms with Crippen molar-refractivity contribution in [1.82, 2.24) is 4.90 Å². The Morgan fingerprint density at radius 1 is 1.05 bits per heavy atom. The molecule has 4 rings (SSSR count). The monoisotopic (exact) mass is 284 g/mol. The third-order valence-electron chi connectivity index (χ3n) is 6.53. The Morgan fingerprint density at radius 2 is 1.81 bits per heavy atom. The molecule has 21 heavy (non-hydrogen) atoms. The summed E-state index contributed by atoms with van der Waals surface area (Å²) in [6.07, 6.45) is 13.0. The number of benzene rings is 1. The van der Waals surface area contributed by atoms with E-state index in [-0.39, 0.29) is 0 Å². The second kappa shape index (κ2) is 5.31. The predicted octanol–water partition coefficient (Wildman–Crippen LogP) is 4.13. The molecule has 2 N–H and O–H groups in total. The van der Waals surface area contributed by atoms with Crippen LogP contribution in [0.15, 0.2) is 18.2 Å². The quantitative estimate of drug-likeness (QED) is 0.786. The van der Waals surface area contributed by atoms with Crippen LogP contribution in [0.5, 0.6) is 0 Å². The highest BCUT2D eigenvalue weighted by Gasteiger charge is 2.39. The lowest BCUT2D eigenvalue weighted by atomic mass is 9.71. The number of nitrogens with zero attached hydrogens (tertiary/aromatic N) is 1. The summed E-state index contributed by atoms with van der Waals surface area (Å²) in [7, 11) is 0. The summed E-state index contributed by atoms with van der Waals surface area (Å²) >= 11 is 0. The van der Waals surface area contributed by atoms with Gasteiger partial charge in [0.05, 0.1) is 0 Å². The van der Waals surface area contributed by atoms with Gasteiger partial charge in [-0.05, 0) is 67.6 Å². The molecule has 2 saturated carbocycles. The highest BCUT2D eigenvalue weighted by molar-refractivity contribution is 5.51. The second-order valence-electron chi connectivity index (χ2n) is 7.64.